The lowest BCUT2D eigenvalue weighted by Gasteiger charge is -2.44. The van der Waals surface area contributed by atoms with Gasteiger partial charge in [-0.15, -0.1) is 0 Å². The van der Waals surface area contributed by atoms with Crippen LogP contribution in [-0.4, -0.2) is 73.5 Å². The minimum atomic E-state index is -0.907. The number of nitrogens with one attached hydrogen (secondary N) is 1. The molecule has 1 N–H and O–H groups in total. The number of alkyl carbamates (subject to hydrolysis) is 1. The van der Waals surface area contributed by atoms with Crippen LogP contribution in [0.4, 0.5) is 9.59 Å². The maximum Gasteiger partial charge on any atom is 0.508 e. The summed E-state index contributed by atoms with van der Waals surface area (Å²) in [5.41, 5.74) is 1.07. The zero-order valence-electron chi connectivity index (χ0n) is 22.2. The SMILES string of the molecule is C=CCOC(=O)NCCc1ccc(OCC2=C(C(=O)OCC=C)N3C(=O)[C@H]([C@@H](C)OC(=O)OCC=C)[C@H]3S2)cc1. The van der Waals surface area contributed by atoms with Crippen molar-refractivity contribution in [1.29, 1.82) is 0 Å². The van der Waals surface area contributed by atoms with Crippen LogP contribution in [0.3, 0.4) is 0 Å². The molecule has 2 heterocycles. The fraction of sp³-hybridized carbons (Fsp3) is 0.357. The average Bonchev–Trinajstić information content (AvgIpc) is 3.27. The van der Waals surface area contributed by atoms with E-state index >= 15 is 0 Å². The Bertz CT molecular complexity index is 1160. The van der Waals surface area contributed by atoms with E-state index in [1.807, 2.05) is 12.1 Å². The number of rotatable bonds is 15. The first-order valence-corrected chi connectivity index (χ1v) is 13.4. The maximum atomic E-state index is 13.0. The number of hydrogen-bond acceptors (Lipinski definition) is 10. The second-order valence-electron chi connectivity index (χ2n) is 8.57. The molecule has 2 amide bonds. The van der Waals surface area contributed by atoms with Crippen LogP contribution in [0, 0.1) is 5.92 Å². The Kier molecular flexibility index (Phi) is 11.2. The number of nitrogens with zero attached hydrogens (tertiary/aromatic N) is 1. The van der Waals surface area contributed by atoms with E-state index in [4.69, 9.17) is 23.7 Å². The van der Waals surface area contributed by atoms with Gasteiger partial charge in [-0.1, -0.05) is 61.9 Å². The third-order valence-electron chi connectivity index (χ3n) is 5.79. The first kappa shape index (κ1) is 30.4. The van der Waals surface area contributed by atoms with Crippen LogP contribution >= 0.6 is 11.8 Å². The van der Waals surface area contributed by atoms with Gasteiger partial charge in [0.25, 0.3) is 0 Å². The molecule has 0 bridgehead atoms. The van der Waals surface area contributed by atoms with Crippen LogP contribution in [0.15, 0.2) is 72.8 Å². The molecule has 0 aromatic heterocycles. The number of hydrogen-bond donors (Lipinski definition) is 1. The van der Waals surface area contributed by atoms with Gasteiger partial charge in [0.2, 0.25) is 5.91 Å². The van der Waals surface area contributed by atoms with Crippen LogP contribution in [0.25, 0.3) is 0 Å². The predicted molar refractivity (Wildman–Crippen MR) is 147 cm³/mol. The molecule has 3 atom stereocenters. The summed E-state index contributed by atoms with van der Waals surface area (Å²) in [5, 5.41) is 2.19. The number of ether oxygens (including phenoxy) is 5. The molecular formula is C28H32N2O9S. The molecule has 12 heteroatoms. The quantitative estimate of drug-likeness (QED) is 0.144. The number of carbonyl (C=O) groups excluding carboxylic acids is 4. The molecule has 40 heavy (non-hydrogen) atoms. The Labute approximate surface area is 236 Å². The normalized spacial score (nSPS) is 18.0. The van der Waals surface area contributed by atoms with Gasteiger partial charge in [0, 0.05) is 6.54 Å². The summed E-state index contributed by atoms with van der Waals surface area (Å²) in [6.07, 6.45) is 2.71. The Morgan fingerprint density at radius 3 is 2.35 bits per heavy atom. The van der Waals surface area contributed by atoms with Crippen molar-refractivity contribution in [3.05, 3.63) is 78.4 Å². The number of carbonyl (C=O) groups is 4. The fourth-order valence-electron chi connectivity index (χ4n) is 3.92. The van der Waals surface area contributed by atoms with Crippen molar-refractivity contribution in [1.82, 2.24) is 10.2 Å². The molecule has 0 aliphatic carbocycles. The van der Waals surface area contributed by atoms with Crippen molar-refractivity contribution in [2.24, 2.45) is 5.92 Å². The van der Waals surface area contributed by atoms with E-state index in [0.29, 0.717) is 23.6 Å². The van der Waals surface area contributed by atoms with Crippen LogP contribution in [0.1, 0.15) is 12.5 Å². The summed E-state index contributed by atoms with van der Waals surface area (Å²) in [7, 11) is 0. The molecule has 2 aliphatic heterocycles. The Morgan fingerprint density at radius 2 is 1.68 bits per heavy atom. The molecule has 2 aliphatic rings. The smallest absolute Gasteiger partial charge is 0.488 e. The molecule has 0 spiro atoms. The molecule has 3 rings (SSSR count). The zero-order valence-corrected chi connectivity index (χ0v) is 23.0. The highest BCUT2D eigenvalue weighted by atomic mass is 32.2. The minimum Gasteiger partial charge on any atom is -0.488 e. The van der Waals surface area contributed by atoms with Gasteiger partial charge in [-0.05, 0) is 31.0 Å². The van der Waals surface area contributed by atoms with Crippen LogP contribution in [0.5, 0.6) is 5.75 Å². The summed E-state index contributed by atoms with van der Waals surface area (Å²) >= 11 is 1.28. The Balaban J connectivity index is 1.61. The molecule has 0 radical (unpaired) electrons. The summed E-state index contributed by atoms with van der Waals surface area (Å²) in [6, 6.07) is 7.27. The maximum absolute atomic E-state index is 13.0. The van der Waals surface area contributed by atoms with Crippen molar-refractivity contribution in [3.63, 3.8) is 0 Å². The summed E-state index contributed by atoms with van der Waals surface area (Å²) in [5.74, 6) is -1.17. The second-order valence-corrected chi connectivity index (χ2v) is 9.78. The number of esters is 1. The predicted octanol–water partition coefficient (Wildman–Crippen LogP) is 3.72. The summed E-state index contributed by atoms with van der Waals surface area (Å²) < 4.78 is 26.1. The van der Waals surface area contributed by atoms with Gasteiger partial charge in [-0.25, -0.2) is 14.4 Å². The number of β-lactam (4-membered cyclic amide) rings is 1. The number of benzene rings is 1. The monoisotopic (exact) mass is 572 g/mol. The van der Waals surface area contributed by atoms with Crippen molar-refractivity contribution >= 4 is 35.9 Å². The molecule has 0 saturated carbocycles. The van der Waals surface area contributed by atoms with E-state index in [1.54, 1.807) is 19.1 Å². The standard InChI is InChI=1S/C28H32N2O9S/c1-5-14-35-26(32)23-21(40-25-22(24(31)30(23)25)18(4)39-28(34)37-16-7-3)17-38-20-10-8-19(9-11-20)12-13-29-27(33)36-15-6-2/h5-11,18,22,25H,1-3,12-17H2,4H3,(H,29,33)/t18-,22+,25-/m1/s1. The van der Waals surface area contributed by atoms with E-state index < -0.39 is 35.6 Å². The van der Waals surface area contributed by atoms with Crippen LogP contribution in [0.2, 0.25) is 0 Å². The van der Waals surface area contributed by atoms with Gasteiger partial charge < -0.3 is 29.0 Å². The third kappa shape index (κ3) is 7.69. The molecule has 1 fully saturated rings. The highest BCUT2D eigenvalue weighted by Gasteiger charge is 2.59. The lowest BCUT2D eigenvalue weighted by atomic mass is 9.92. The van der Waals surface area contributed by atoms with Gasteiger partial charge in [-0.2, -0.15) is 0 Å². The van der Waals surface area contributed by atoms with E-state index in [-0.39, 0.29) is 38.0 Å². The highest BCUT2D eigenvalue weighted by Crippen LogP contribution is 2.51. The Morgan fingerprint density at radius 1 is 1.02 bits per heavy atom. The molecule has 11 nitrogen and oxygen atoms in total. The molecule has 1 saturated heterocycles. The largest absolute Gasteiger partial charge is 0.508 e. The topological polar surface area (TPSA) is 130 Å². The molecule has 1 aromatic carbocycles. The number of fused-ring (bicyclic) bond motifs is 1. The third-order valence-corrected chi connectivity index (χ3v) is 7.13. The highest BCUT2D eigenvalue weighted by molar-refractivity contribution is 8.04. The first-order valence-electron chi connectivity index (χ1n) is 12.5. The Hall–Kier alpha value is -4.19. The van der Waals surface area contributed by atoms with E-state index in [2.05, 4.69) is 25.1 Å². The van der Waals surface area contributed by atoms with E-state index in [9.17, 15) is 19.2 Å². The minimum absolute atomic E-state index is 0.0145. The van der Waals surface area contributed by atoms with Crippen molar-refractivity contribution in [2.45, 2.75) is 24.8 Å². The molecule has 214 valence electrons. The van der Waals surface area contributed by atoms with Gasteiger partial charge in [0.05, 0.1) is 4.91 Å². The lowest BCUT2D eigenvalue weighted by Crippen LogP contribution is -2.61. The van der Waals surface area contributed by atoms with E-state index in [1.165, 1.54) is 34.9 Å². The van der Waals surface area contributed by atoms with Crippen molar-refractivity contribution < 1.29 is 42.9 Å². The van der Waals surface area contributed by atoms with E-state index in [0.717, 1.165) is 5.56 Å². The number of amides is 2. The van der Waals surface area contributed by atoms with Crippen LogP contribution in [-0.2, 0) is 35.0 Å². The molecule has 1 aromatic rings. The average molecular weight is 573 g/mol. The van der Waals surface area contributed by atoms with Crippen LogP contribution < -0.4 is 10.1 Å². The lowest BCUT2D eigenvalue weighted by molar-refractivity contribution is -0.158. The fourth-order valence-corrected chi connectivity index (χ4v) is 5.43. The van der Waals surface area contributed by atoms with Gasteiger partial charge in [0.1, 0.15) is 55.3 Å². The second kappa shape index (κ2) is 14.8. The summed E-state index contributed by atoms with van der Waals surface area (Å²) in [4.78, 5) is 51.1. The van der Waals surface area contributed by atoms with Gasteiger partial charge >= 0.3 is 18.2 Å². The van der Waals surface area contributed by atoms with Gasteiger partial charge in [-0.3, -0.25) is 9.69 Å². The summed E-state index contributed by atoms with van der Waals surface area (Å²) in [6.45, 7) is 12.6. The molecular weight excluding hydrogens is 540 g/mol. The zero-order chi connectivity index (χ0) is 29.1. The van der Waals surface area contributed by atoms with Crippen molar-refractivity contribution in [2.75, 3.05) is 33.0 Å². The van der Waals surface area contributed by atoms with Crippen molar-refractivity contribution in [3.8, 4) is 5.75 Å². The number of thioether (sulfide) groups is 1. The first-order chi connectivity index (χ1) is 19.3. The van der Waals surface area contributed by atoms with Gasteiger partial charge in [0.15, 0.2) is 0 Å². The molecule has 0 unspecified atom stereocenters.